The summed E-state index contributed by atoms with van der Waals surface area (Å²) in [6.07, 6.45) is 10.1. The van der Waals surface area contributed by atoms with Gasteiger partial charge in [0.05, 0.1) is 12.1 Å². The van der Waals surface area contributed by atoms with Crippen LogP contribution in [0, 0.1) is 0 Å². The number of Topliss-reactive ketones (excluding diaryl/α,β-unsaturated/α-hetero) is 1. The third-order valence-electron chi connectivity index (χ3n) is 7.45. The number of hydrogen-bond acceptors (Lipinski definition) is 6. The molecule has 2 aliphatic heterocycles. The van der Waals surface area contributed by atoms with Crippen molar-refractivity contribution in [2.75, 3.05) is 27.2 Å². The Kier molecular flexibility index (Phi) is 7.97. The highest BCUT2D eigenvalue weighted by Crippen LogP contribution is 2.36. The highest BCUT2D eigenvalue weighted by molar-refractivity contribution is 6.38. The summed E-state index contributed by atoms with van der Waals surface area (Å²) in [5.74, 6) is -1.58. The molecule has 2 atom stereocenters. The number of ketones is 1. The van der Waals surface area contributed by atoms with Gasteiger partial charge in [0.1, 0.15) is 5.69 Å². The van der Waals surface area contributed by atoms with Crippen molar-refractivity contribution in [1.82, 2.24) is 25.1 Å². The number of nitrogens with one attached hydrogen (secondary N) is 1. The maximum Gasteiger partial charge on any atom is 0.315 e. The van der Waals surface area contributed by atoms with Crippen LogP contribution in [-0.4, -0.2) is 64.6 Å². The summed E-state index contributed by atoms with van der Waals surface area (Å²) in [5, 5.41) is 5.24. The van der Waals surface area contributed by atoms with Gasteiger partial charge < -0.3 is 4.90 Å². The topological polar surface area (TPSA) is 79.7 Å². The number of likely N-dealkylation sites (tertiary alicyclic amines) is 1. The van der Waals surface area contributed by atoms with E-state index < -0.39 is 17.4 Å². The van der Waals surface area contributed by atoms with Crippen LogP contribution in [0.4, 0.5) is 0 Å². The van der Waals surface area contributed by atoms with Crippen molar-refractivity contribution in [3.8, 4) is 11.3 Å². The lowest BCUT2D eigenvalue weighted by atomic mass is 9.91. The van der Waals surface area contributed by atoms with Crippen LogP contribution >= 0.6 is 11.6 Å². The molecule has 1 unspecified atom stereocenters. The van der Waals surface area contributed by atoms with E-state index in [1.165, 1.54) is 7.11 Å². The molecule has 1 N–H and O–H groups in total. The first-order chi connectivity index (χ1) is 18.9. The fourth-order valence-corrected chi connectivity index (χ4v) is 5.77. The van der Waals surface area contributed by atoms with Crippen LogP contribution in [0.2, 0.25) is 5.02 Å². The Labute approximate surface area is 233 Å². The number of likely N-dealkylation sites (N-methyl/N-ethyl adjacent to an activating group) is 1. The standard InChI is InChI=1S/C30H32ClN5O3/c1-34-17-10-16-26(34)24-15-9-18-35(20-24)30(28(37)29(38)33-39-2,19-22-11-5-3-6-12-22)36-21-25(31)27(32-36)23-13-7-4-8-14-23/h3-9,11-15,20-21,26H,10,16-19H2,1-2H3,(H,33,38)/t26?,30-/m1/s1. The second-order valence-electron chi connectivity index (χ2n) is 9.90. The number of amides is 1. The summed E-state index contributed by atoms with van der Waals surface area (Å²) in [5.41, 5.74) is 3.97. The molecule has 1 saturated heterocycles. The largest absolute Gasteiger partial charge is 0.343 e. The smallest absolute Gasteiger partial charge is 0.315 e. The van der Waals surface area contributed by atoms with Gasteiger partial charge in [-0.25, -0.2) is 10.2 Å². The number of benzene rings is 2. The SMILES string of the molecule is CONC(=O)C(=O)[C@](Cc1ccccc1)(N1C=C(C2CCCN2C)C=CC1)n1cc(Cl)c(-c2ccccc2)n1. The van der Waals surface area contributed by atoms with Gasteiger partial charge in [-0.05, 0) is 37.6 Å². The minimum absolute atomic E-state index is 0.175. The monoisotopic (exact) mass is 545 g/mol. The number of nitrogens with zero attached hydrogens (tertiary/aromatic N) is 4. The first-order valence-corrected chi connectivity index (χ1v) is 13.4. The van der Waals surface area contributed by atoms with Crippen molar-refractivity contribution in [3.05, 3.63) is 101 Å². The molecule has 3 heterocycles. The molecule has 1 fully saturated rings. The fourth-order valence-electron chi connectivity index (χ4n) is 5.53. The number of rotatable bonds is 9. The van der Waals surface area contributed by atoms with Crippen LogP contribution in [-0.2, 0) is 26.5 Å². The zero-order chi connectivity index (χ0) is 27.4. The van der Waals surface area contributed by atoms with Crippen LogP contribution < -0.4 is 5.48 Å². The van der Waals surface area contributed by atoms with E-state index in [1.54, 1.807) is 10.9 Å². The second-order valence-corrected chi connectivity index (χ2v) is 10.3. The van der Waals surface area contributed by atoms with Crippen molar-refractivity contribution in [2.24, 2.45) is 0 Å². The Morgan fingerprint density at radius 2 is 1.85 bits per heavy atom. The van der Waals surface area contributed by atoms with Crippen LogP contribution in [0.5, 0.6) is 0 Å². The molecule has 0 bridgehead atoms. The average molecular weight is 546 g/mol. The van der Waals surface area contributed by atoms with E-state index >= 15 is 0 Å². The minimum atomic E-state index is -1.56. The normalized spacial score (nSPS) is 19.0. The Hall–Kier alpha value is -3.72. The van der Waals surface area contributed by atoms with E-state index in [0.717, 1.165) is 36.1 Å². The van der Waals surface area contributed by atoms with Gasteiger partial charge in [-0.2, -0.15) is 5.10 Å². The summed E-state index contributed by atoms with van der Waals surface area (Å²) in [4.78, 5) is 36.6. The van der Waals surface area contributed by atoms with Gasteiger partial charge in [0, 0.05) is 37.0 Å². The average Bonchev–Trinajstić information content (AvgIpc) is 3.58. The number of halogens is 1. The molecule has 0 spiro atoms. The summed E-state index contributed by atoms with van der Waals surface area (Å²) in [6.45, 7) is 1.41. The van der Waals surface area contributed by atoms with Crippen molar-refractivity contribution in [1.29, 1.82) is 0 Å². The lowest BCUT2D eigenvalue weighted by molar-refractivity contribution is -0.154. The van der Waals surface area contributed by atoms with Crippen LogP contribution in [0.3, 0.4) is 0 Å². The molecule has 0 radical (unpaired) electrons. The molecular weight excluding hydrogens is 514 g/mol. The predicted octanol–water partition coefficient (Wildman–Crippen LogP) is 4.20. The first-order valence-electron chi connectivity index (χ1n) is 13.0. The van der Waals surface area contributed by atoms with Crippen LogP contribution in [0.25, 0.3) is 11.3 Å². The van der Waals surface area contributed by atoms with Gasteiger partial charge in [-0.15, -0.1) is 0 Å². The maximum absolute atomic E-state index is 14.3. The van der Waals surface area contributed by atoms with Crippen LogP contribution in [0.1, 0.15) is 18.4 Å². The fraction of sp³-hybridized carbons (Fsp3) is 0.300. The highest BCUT2D eigenvalue weighted by Gasteiger charge is 2.50. The zero-order valence-electron chi connectivity index (χ0n) is 22.1. The zero-order valence-corrected chi connectivity index (χ0v) is 22.8. The lowest BCUT2D eigenvalue weighted by Gasteiger charge is -2.43. The van der Waals surface area contributed by atoms with Gasteiger partial charge in [0.15, 0.2) is 0 Å². The number of hydroxylamine groups is 1. The molecule has 8 nitrogen and oxygen atoms in total. The number of hydrogen-bond donors (Lipinski definition) is 1. The Morgan fingerprint density at radius 1 is 1.13 bits per heavy atom. The quantitative estimate of drug-likeness (QED) is 0.321. The molecule has 0 saturated carbocycles. The number of carbonyl (C=O) groups is 2. The molecule has 5 rings (SSSR count). The molecule has 39 heavy (non-hydrogen) atoms. The third-order valence-corrected chi connectivity index (χ3v) is 7.73. The van der Waals surface area contributed by atoms with E-state index in [1.807, 2.05) is 77.8 Å². The molecule has 9 heteroatoms. The van der Waals surface area contributed by atoms with E-state index in [4.69, 9.17) is 21.5 Å². The molecular formula is C30H32ClN5O3. The van der Waals surface area contributed by atoms with Gasteiger partial charge in [0.25, 0.3) is 5.78 Å². The number of carbonyl (C=O) groups excluding carboxylic acids is 2. The molecule has 0 aliphatic carbocycles. The Morgan fingerprint density at radius 3 is 2.51 bits per heavy atom. The first kappa shape index (κ1) is 26.9. The van der Waals surface area contributed by atoms with Crippen molar-refractivity contribution in [3.63, 3.8) is 0 Å². The molecule has 202 valence electrons. The van der Waals surface area contributed by atoms with Gasteiger partial charge in [0.2, 0.25) is 5.66 Å². The summed E-state index contributed by atoms with van der Waals surface area (Å²) in [6, 6.07) is 19.4. The van der Waals surface area contributed by atoms with Crippen molar-refractivity contribution in [2.45, 2.75) is 31.0 Å². The van der Waals surface area contributed by atoms with E-state index in [9.17, 15) is 9.59 Å². The second kappa shape index (κ2) is 11.6. The minimum Gasteiger partial charge on any atom is -0.343 e. The van der Waals surface area contributed by atoms with Gasteiger partial charge in [-0.3, -0.25) is 19.3 Å². The molecule has 2 aliphatic rings. The van der Waals surface area contributed by atoms with Crippen molar-refractivity contribution < 1.29 is 14.4 Å². The summed E-state index contributed by atoms with van der Waals surface area (Å²) in [7, 11) is 3.42. The van der Waals surface area contributed by atoms with E-state index in [-0.39, 0.29) is 12.5 Å². The maximum atomic E-state index is 14.3. The van der Waals surface area contributed by atoms with Gasteiger partial charge >= 0.3 is 5.91 Å². The molecule has 1 aromatic heterocycles. The predicted molar refractivity (Wildman–Crippen MR) is 151 cm³/mol. The Balaban J connectivity index is 1.71. The molecule has 1 amide bonds. The highest BCUT2D eigenvalue weighted by atomic mass is 35.5. The third kappa shape index (κ3) is 5.28. The van der Waals surface area contributed by atoms with E-state index in [0.29, 0.717) is 17.3 Å². The number of aromatic nitrogens is 2. The molecule has 2 aromatic carbocycles. The Bertz CT molecular complexity index is 1390. The summed E-state index contributed by atoms with van der Waals surface area (Å²) >= 11 is 6.75. The van der Waals surface area contributed by atoms with Gasteiger partial charge in [-0.1, -0.05) is 84.4 Å². The van der Waals surface area contributed by atoms with Crippen molar-refractivity contribution >= 4 is 23.3 Å². The molecule has 3 aromatic rings. The summed E-state index contributed by atoms with van der Waals surface area (Å²) < 4.78 is 1.55. The van der Waals surface area contributed by atoms with E-state index in [2.05, 4.69) is 23.5 Å². The lowest BCUT2D eigenvalue weighted by Crippen LogP contribution is -2.60. The van der Waals surface area contributed by atoms with Crippen LogP contribution in [0.15, 0.2) is 90.8 Å².